The van der Waals surface area contributed by atoms with Gasteiger partial charge in [0.1, 0.15) is 6.54 Å². The Morgan fingerprint density at radius 3 is 2.22 bits per heavy atom. The first-order chi connectivity index (χ1) is 15.4. The molecule has 0 aliphatic heterocycles. The molecule has 4 aromatic rings. The van der Waals surface area contributed by atoms with Gasteiger partial charge in [0.25, 0.3) is 5.91 Å². The lowest BCUT2D eigenvalue weighted by Gasteiger charge is -2.18. The highest BCUT2D eigenvalue weighted by molar-refractivity contribution is 5.96. The van der Waals surface area contributed by atoms with E-state index in [0.29, 0.717) is 22.3 Å². The van der Waals surface area contributed by atoms with E-state index in [1.807, 2.05) is 31.2 Å². The number of nitrogens with one attached hydrogen (secondary N) is 1. The molecule has 1 atom stereocenters. The number of nitrogens with zero attached hydrogens (tertiary/aromatic N) is 2. The van der Waals surface area contributed by atoms with Crippen molar-refractivity contribution in [2.24, 2.45) is 7.05 Å². The minimum atomic E-state index is -1.16. The summed E-state index contributed by atoms with van der Waals surface area (Å²) in [6.45, 7) is 1.65. The summed E-state index contributed by atoms with van der Waals surface area (Å²) in [6, 6.07) is 23.3. The SMILES string of the molecule is Cc1ccc(NC(=O)C(OC(=O)Cn2c(=O)n(C)c3ccccc32)c2ccccc2)cc1. The topological polar surface area (TPSA) is 82.3 Å². The van der Waals surface area contributed by atoms with Gasteiger partial charge in [-0.3, -0.25) is 18.7 Å². The van der Waals surface area contributed by atoms with Gasteiger partial charge in [-0.2, -0.15) is 0 Å². The minimum Gasteiger partial charge on any atom is -0.446 e. The van der Waals surface area contributed by atoms with E-state index < -0.39 is 18.0 Å². The Hall–Kier alpha value is -4.13. The third-order valence-electron chi connectivity index (χ3n) is 5.25. The summed E-state index contributed by atoms with van der Waals surface area (Å²) in [5.74, 6) is -1.16. The van der Waals surface area contributed by atoms with Gasteiger partial charge in [0.05, 0.1) is 11.0 Å². The molecule has 1 N–H and O–H groups in total. The number of hydrogen-bond donors (Lipinski definition) is 1. The number of para-hydroxylation sites is 2. The normalized spacial score (nSPS) is 11.8. The number of rotatable bonds is 6. The van der Waals surface area contributed by atoms with E-state index in [-0.39, 0.29) is 12.2 Å². The van der Waals surface area contributed by atoms with E-state index in [1.165, 1.54) is 9.13 Å². The molecule has 1 heterocycles. The molecule has 4 rings (SSSR count). The smallest absolute Gasteiger partial charge is 0.329 e. The van der Waals surface area contributed by atoms with Crippen LogP contribution in [0, 0.1) is 6.92 Å². The lowest BCUT2D eigenvalue weighted by atomic mass is 10.1. The summed E-state index contributed by atoms with van der Waals surface area (Å²) in [4.78, 5) is 38.5. The fraction of sp³-hybridized carbons (Fsp3) is 0.160. The van der Waals surface area contributed by atoms with Crippen molar-refractivity contribution in [2.45, 2.75) is 19.6 Å². The van der Waals surface area contributed by atoms with Gasteiger partial charge in [0, 0.05) is 18.3 Å². The molecule has 1 amide bonds. The average molecular weight is 429 g/mol. The molecule has 0 radical (unpaired) electrons. The van der Waals surface area contributed by atoms with Gasteiger partial charge in [-0.05, 0) is 31.2 Å². The Morgan fingerprint density at radius 2 is 1.53 bits per heavy atom. The van der Waals surface area contributed by atoms with Crippen LogP contribution in [-0.4, -0.2) is 21.0 Å². The van der Waals surface area contributed by atoms with Crippen LogP contribution < -0.4 is 11.0 Å². The van der Waals surface area contributed by atoms with Gasteiger partial charge in [0.2, 0.25) is 6.10 Å². The molecule has 0 aliphatic carbocycles. The molecular weight excluding hydrogens is 406 g/mol. The summed E-state index contributed by atoms with van der Waals surface area (Å²) in [7, 11) is 1.65. The molecule has 0 aliphatic rings. The van der Waals surface area contributed by atoms with Gasteiger partial charge in [-0.1, -0.05) is 60.2 Å². The Kier molecular flexibility index (Phi) is 5.89. The zero-order chi connectivity index (χ0) is 22.7. The van der Waals surface area contributed by atoms with Crippen LogP contribution in [0.15, 0.2) is 83.7 Å². The summed E-state index contributed by atoms with van der Waals surface area (Å²) < 4.78 is 8.41. The Bertz CT molecular complexity index is 1320. The number of fused-ring (bicyclic) bond motifs is 1. The highest BCUT2D eigenvalue weighted by atomic mass is 16.5. The van der Waals surface area contributed by atoms with Crippen molar-refractivity contribution in [3.63, 3.8) is 0 Å². The third kappa shape index (κ3) is 4.32. The number of hydrogen-bond acceptors (Lipinski definition) is 4. The van der Waals surface area contributed by atoms with Crippen molar-refractivity contribution in [2.75, 3.05) is 5.32 Å². The number of amides is 1. The fourth-order valence-electron chi connectivity index (χ4n) is 3.56. The highest BCUT2D eigenvalue weighted by Crippen LogP contribution is 2.21. The lowest BCUT2D eigenvalue weighted by molar-refractivity contribution is -0.155. The van der Waals surface area contributed by atoms with E-state index in [4.69, 9.17) is 4.74 Å². The van der Waals surface area contributed by atoms with Crippen LogP contribution in [0.3, 0.4) is 0 Å². The third-order valence-corrected chi connectivity index (χ3v) is 5.25. The maximum atomic E-state index is 13.0. The van der Waals surface area contributed by atoms with Crippen LogP contribution in [0.2, 0.25) is 0 Å². The molecule has 1 aromatic heterocycles. The molecular formula is C25H23N3O4. The molecule has 162 valence electrons. The van der Waals surface area contributed by atoms with Crippen molar-refractivity contribution in [3.8, 4) is 0 Å². The van der Waals surface area contributed by atoms with Crippen molar-refractivity contribution in [3.05, 3.63) is 100 Å². The second-order valence-corrected chi connectivity index (χ2v) is 7.55. The number of ether oxygens (including phenoxy) is 1. The summed E-state index contributed by atoms with van der Waals surface area (Å²) in [5, 5.41) is 2.79. The number of aromatic nitrogens is 2. The minimum absolute atomic E-state index is 0.304. The number of benzene rings is 3. The van der Waals surface area contributed by atoms with Gasteiger partial charge < -0.3 is 10.1 Å². The molecule has 0 saturated heterocycles. The largest absolute Gasteiger partial charge is 0.446 e. The van der Waals surface area contributed by atoms with Gasteiger partial charge in [-0.25, -0.2) is 4.79 Å². The van der Waals surface area contributed by atoms with Gasteiger partial charge in [-0.15, -0.1) is 0 Å². The van der Waals surface area contributed by atoms with Gasteiger partial charge in [0.15, 0.2) is 0 Å². The van der Waals surface area contributed by atoms with Crippen molar-refractivity contribution in [1.29, 1.82) is 0 Å². The monoisotopic (exact) mass is 429 g/mol. The van der Waals surface area contributed by atoms with Crippen molar-refractivity contribution < 1.29 is 14.3 Å². The predicted octanol–water partition coefficient (Wildman–Crippen LogP) is 3.57. The van der Waals surface area contributed by atoms with Crippen LogP contribution in [0.5, 0.6) is 0 Å². The molecule has 0 spiro atoms. The van der Waals surface area contributed by atoms with Crippen LogP contribution in [0.1, 0.15) is 17.2 Å². The second kappa shape index (κ2) is 8.93. The first kappa shape index (κ1) is 21.1. The summed E-state index contributed by atoms with van der Waals surface area (Å²) in [6.07, 6.45) is -1.16. The maximum Gasteiger partial charge on any atom is 0.329 e. The van der Waals surface area contributed by atoms with Crippen LogP contribution in [-0.2, 0) is 27.9 Å². The lowest BCUT2D eigenvalue weighted by Crippen LogP contribution is -2.30. The molecule has 7 heteroatoms. The highest BCUT2D eigenvalue weighted by Gasteiger charge is 2.26. The van der Waals surface area contributed by atoms with Crippen LogP contribution >= 0.6 is 0 Å². The van der Waals surface area contributed by atoms with Crippen molar-refractivity contribution in [1.82, 2.24) is 9.13 Å². The van der Waals surface area contributed by atoms with Crippen LogP contribution in [0.4, 0.5) is 5.69 Å². The molecule has 1 unspecified atom stereocenters. The molecule has 0 fully saturated rings. The quantitative estimate of drug-likeness (QED) is 0.475. The zero-order valence-corrected chi connectivity index (χ0v) is 17.8. The van der Waals surface area contributed by atoms with E-state index >= 15 is 0 Å². The number of anilines is 1. The number of aryl methyl sites for hydroxylation is 2. The molecule has 0 saturated carbocycles. The van der Waals surface area contributed by atoms with E-state index in [0.717, 1.165) is 5.56 Å². The Labute approximate surface area is 184 Å². The predicted molar refractivity (Wildman–Crippen MR) is 122 cm³/mol. The Morgan fingerprint density at radius 1 is 0.906 bits per heavy atom. The Balaban J connectivity index is 1.58. The summed E-state index contributed by atoms with van der Waals surface area (Å²) >= 11 is 0. The molecule has 3 aromatic carbocycles. The zero-order valence-electron chi connectivity index (χ0n) is 17.8. The first-order valence-corrected chi connectivity index (χ1v) is 10.2. The van der Waals surface area contributed by atoms with E-state index in [1.54, 1.807) is 61.6 Å². The van der Waals surface area contributed by atoms with E-state index in [9.17, 15) is 14.4 Å². The number of imidazole rings is 1. The van der Waals surface area contributed by atoms with Gasteiger partial charge >= 0.3 is 11.7 Å². The van der Waals surface area contributed by atoms with Crippen LogP contribution in [0.25, 0.3) is 11.0 Å². The maximum absolute atomic E-state index is 13.0. The standard InChI is InChI=1S/C25H23N3O4/c1-17-12-14-19(15-13-17)26-24(30)23(18-8-4-3-5-9-18)32-22(29)16-28-21-11-7-6-10-20(21)27(2)25(28)31/h3-15,23H,16H2,1-2H3,(H,26,30). The number of esters is 1. The first-order valence-electron chi connectivity index (χ1n) is 10.2. The molecule has 0 bridgehead atoms. The molecule has 32 heavy (non-hydrogen) atoms. The molecule has 7 nitrogen and oxygen atoms in total. The average Bonchev–Trinajstić information content (AvgIpc) is 3.04. The number of carbonyl (C=O) groups excluding carboxylic acids is 2. The summed E-state index contributed by atoms with van der Waals surface area (Å²) in [5.41, 5.74) is 3.20. The van der Waals surface area contributed by atoms with E-state index in [2.05, 4.69) is 5.32 Å². The number of carbonyl (C=O) groups is 2. The van der Waals surface area contributed by atoms with Crippen molar-refractivity contribution >= 4 is 28.6 Å². The fourth-order valence-corrected chi connectivity index (χ4v) is 3.56. The second-order valence-electron chi connectivity index (χ2n) is 7.55.